The minimum Gasteiger partial charge on any atom is -0.462 e. The molecule has 3 N–H and O–H groups in total. The van der Waals surface area contributed by atoms with E-state index in [1.807, 2.05) is 13.8 Å². The average molecular weight is 477 g/mol. The molecule has 0 unspecified atom stereocenters. The van der Waals surface area contributed by atoms with Crippen LogP contribution in [0.2, 0.25) is 0 Å². The highest BCUT2D eigenvalue weighted by molar-refractivity contribution is 7.99. The molecule has 1 aliphatic rings. The number of ether oxygens (including phenoxy) is 1. The smallest absolute Gasteiger partial charge is 0.341 e. The lowest BCUT2D eigenvalue weighted by Gasteiger charge is -2.10. The Hall–Kier alpha value is -2.17. The lowest BCUT2D eigenvalue weighted by Crippen LogP contribution is -2.16. The van der Waals surface area contributed by atoms with Crippen LogP contribution in [0.25, 0.3) is 10.2 Å². The number of nitrogens with two attached hydrogens (primary N) is 1. The zero-order valence-corrected chi connectivity index (χ0v) is 20.1. The van der Waals surface area contributed by atoms with Gasteiger partial charge in [-0.1, -0.05) is 11.8 Å². The fourth-order valence-corrected chi connectivity index (χ4v) is 6.73. The highest BCUT2D eigenvalue weighted by atomic mass is 32.2. The van der Waals surface area contributed by atoms with Crippen molar-refractivity contribution in [1.29, 1.82) is 0 Å². The van der Waals surface area contributed by atoms with E-state index in [-0.39, 0.29) is 18.3 Å². The summed E-state index contributed by atoms with van der Waals surface area (Å²) in [7, 11) is 0. The van der Waals surface area contributed by atoms with Gasteiger partial charge in [0.25, 0.3) is 0 Å². The summed E-state index contributed by atoms with van der Waals surface area (Å²) in [5, 5.41) is 4.83. The Labute approximate surface area is 192 Å². The number of nitrogens with zero attached hydrogens (tertiary/aromatic N) is 2. The van der Waals surface area contributed by atoms with Gasteiger partial charge in [0.05, 0.1) is 23.3 Å². The van der Waals surface area contributed by atoms with Crippen LogP contribution in [0.5, 0.6) is 0 Å². The normalized spacial score (nSPS) is 13.3. The number of fused-ring (bicyclic) bond motifs is 3. The third-order valence-corrected chi connectivity index (χ3v) is 8.43. The third-order valence-electron chi connectivity index (χ3n) is 5.27. The lowest BCUT2D eigenvalue weighted by atomic mass is 9.97. The number of amides is 1. The number of hydrogen-bond donors (Lipinski definition) is 2. The molecule has 1 aliphatic carbocycles. The van der Waals surface area contributed by atoms with Gasteiger partial charge >= 0.3 is 5.97 Å². The number of esters is 1. The monoisotopic (exact) mass is 476 g/mol. The molecule has 0 fully saturated rings. The Morgan fingerprint density at radius 2 is 1.97 bits per heavy atom. The summed E-state index contributed by atoms with van der Waals surface area (Å²) in [4.78, 5) is 37.2. The van der Waals surface area contributed by atoms with E-state index in [9.17, 15) is 9.59 Å². The molecule has 10 heteroatoms. The van der Waals surface area contributed by atoms with E-state index in [1.54, 1.807) is 18.3 Å². The topological polar surface area (TPSA) is 107 Å². The molecule has 1 amide bonds. The van der Waals surface area contributed by atoms with Crippen molar-refractivity contribution in [1.82, 2.24) is 9.97 Å². The average Bonchev–Trinajstić information content (AvgIpc) is 3.23. The van der Waals surface area contributed by atoms with E-state index < -0.39 is 5.97 Å². The van der Waals surface area contributed by atoms with Gasteiger partial charge in [0.2, 0.25) is 5.91 Å². The van der Waals surface area contributed by atoms with Crippen molar-refractivity contribution in [2.24, 2.45) is 0 Å². The summed E-state index contributed by atoms with van der Waals surface area (Å²) in [6.07, 6.45) is 4.47. The van der Waals surface area contributed by atoms with Gasteiger partial charge < -0.3 is 15.8 Å². The first-order chi connectivity index (χ1) is 14.9. The van der Waals surface area contributed by atoms with E-state index in [1.165, 1.54) is 46.4 Å². The number of nitrogens with one attached hydrogen (secondary N) is 1. The number of nitrogen functional groups attached to an aromatic ring is 1. The summed E-state index contributed by atoms with van der Waals surface area (Å²) in [5.74, 6) is -0.0460. The molecular weight excluding hydrogens is 452 g/mol. The Morgan fingerprint density at radius 1 is 1.19 bits per heavy atom. The maximum absolute atomic E-state index is 12.6. The van der Waals surface area contributed by atoms with Crippen LogP contribution in [0.15, 0.2) is 5.16 Å². The van der Waals surface area contributed by atoms with Crippen LogP contribution in [-0.4, -0.2) is 34.2 Å². The summed E-state index contributed by atoms with van der Waals surface area (Å²) in [5.41, 5.74) is 8.80. The number of rotatable bonds is 6. The van der Waals surface area contributed by atoms with Crippen LogP contribution in [0.1, 0.15) is 51.0 Å². The molecule has 0 aliphatic heterocycles. The van der Waals surface area contributed by atoms with Crippen molar-refractivity contribution in [2.45, 2.75) is 51.6 Å². The molecule has 0 atom stereocenters. The number of carbonyl (C=O) groups excluding carboxylic acids is 2. The molecule has 0 bridgehead atoms. The highest BCUT2D eigenvalue weighted by Crippen LogP contribution is 2.38. The van der Waals surface area contributed by atoms with Crippen LogP contribution in [0.3, 0.4) is 0 Å². The van der Waals surface area contributed by atoms with Gasteiger partial charge in [0.1, 0.15) is 15.6 Å². The Morgan fingerprint density at radius 3 is 2.74 bits per heavy atom. The van der Waals surface area contributed by atoms with Gasteiger partial charge in [0.15, 0.2) is 5.16 Å². The molecule has 31 heavy (non-hydrogen) atoms. The molecular formula is C21H24N4O3S3. The number of anilines is 2. The van der Waals surface area contributed by atoms with Gasteiger partial charge in [-0.3, -0.25) is 4.79 Å². The summed E-state index contributed by atoms with van der Waals surface area (Å²) < 4.78 is 5.14. The van der Waals surface area contributed by atoms with Crippen molar-refractivity contribution in [3.63, 3.8) is 0 Å². The SMILES string of the molecule is CCOC(=O)c1c(NC(=O)CSc2nc(N)c3c4c(sc3n2)CCCC4)sc(C)c1C. The van der Waals surface area contributed by atoms with Crippen molar-refractivity contribution in [3.05, 3.63) is 26.4 Å². The van der Waals surface area contributed by atoms with Gasteiger partial charge in [-0.25, -0.2) is 14.8 Å². The number of carbonyl (C=O) groups is 2. The zero-order chi connectivity index (χ0) is 22.1. The second kappa shape index (κ2) is 9.13. The minimum absolute atomic E-state index is 0.119. The first kappa shape index (κ1) is 22.0. The first-order valence-electron chi connectivity index (χ1n) is 10.2. The van der Waals surface area contributed by atoms with Crippen molar-refractivity contribution < 1.29 is 14.3 Å². The maximum Gasteiger partial charge on any atom is 0.341 e. The molecule has 3 aromatic rings. The molecule has 0 aromatic carbocycles. The lowest BCUT2D eigenvalue weighted by molar-refractivity contribution is -0.113. The van der Waals surface area contributed by atoms with Crippen LogP contribution in [0, 0.1) is 13.8 Å². The van der Waals surface area contributed by atoms with Gasteiger partial charge in [-0.2, -0.15) is 0 Å². The van der Waals surface area contributed by atoms with E-state index in [2.05, 4.69) is 15.3 Å². The molecule has 7 nitrogen and oxygen atoms in total. The quantitative estimate of drug-likeness (QED) is 0.301. The van der Waals surface area contributed by atoms with Gasteiger partial charge in [-0.15, -0.1) is 22.7 Å². The molecule has 3 heterocycles. The summed E-state index contributed by atoms with van der Waals surface area (Å²) >= 11 is 4.30. The van der Waals surface area contributed by atoms with Crippen molar-refractivity contribution in [3.8, 4) is 0 Å². The second-order valence-electron chi connectivity index (χ2n) is 7.33. The Balaban J connectivity index is 1.48. The largest absolute Gasteiger partial charge is 0.462 e. The molecule has 4 rings (SSSR count). The van der Waals surface area contributed by atoms with Crippen molar-refractivity contribution >= 4 is 67.3 Å². The number of aryl methyl sites for hydroxylation is 3. The third kappa shape index (κ3) is 4.42. The summed E-state index contributed by atoms with van der Waals surface area (Å²) in [6.45, 7) is 5.81. The van der Waals surface area contributed by atoms with Crippen LogP contribution in [-0.2, 0) is 22.4 Å². The van der Waals surface area contributed by atoms with Gasteiger partial charge in [0, 0.05) is 9.75 Å². The van der Waals surface area contributed by atoms with E-state index in [0.717, 1.165) is 33.5 Å². The molecule has 0 spiro atoms. The standard InChI is InChI=1S/C21H24N4O3S3/c1-4-28-20(27)15-10(2)11(3)30-18(15)23-14(26)9-29-21-24-17(22)16-12-7-5-6-8-13(12)31-19(16)25-21/h4-9H2,1-3H3,(H,23,26)(H2,22,24,25). The van der Waals surface area contributed by atoms with E-state index >= 15 is 0 Å². The first-order valence-corrected chi connectivity index (χ1v) is 12.8. The van der Waals surface area contributed by atoms with Crippen molar-refractivity contribution in [2.75, 3.05) is 23.4 Å². The second-order valence-corrected chi connectivity index (χ2v) is 10.6. The Kier molecular flexibility index (Phi) is 6.49. The number of thioether (sulfide) groups is 1. The highest BCUT2D eigenvalue weighted by Gasteiger charge is 2.23. The van der Waals surface area contributed by atoms with Crippen LogP contribution in [0.4, 0.5) is 10.8 Å². The predicted octanol–water partition coefficient (Wildman–Crippen LogP) is 4.74. The number of thiophene rings is 2. The maximum atomic E-state index is 12.6. The van der Waals surface area contributed by atoms with Gasteiger partial charge in [-0.05, 0) is 57.6 Å². The fourth-order valence-electron chi connectivity index (χ4n) is 3.69. The van der Waals surface area contributed by atoms with E-state index in [4.69, 9.17) is 10.5 Å². The summed E-state index contributed by atoms with van der Waals surface area (Å²) in [6, 6.07) is 0. The van der Waals surface area contributed by atoms with E-state index in [0.29, 0.717) is 21.5 Å². The zero-order valence-electron chi connectivity index (χ0n) is 17.7. The van der Waals surface area contributed by atoms with Crippen LogP contribution < -0.4 is 11.1 Å². The molecule has 0 saturated heterocycles. The number of hydrogen-bond acceptors (Lipinski definition) is 9. The molecule has 0 radical (unpaired) electrons. The fraction of sp³-hybridized carbons (Fsp3) is 0.429. The Bertz CT molecular complexity index is 1170. The molecule has 3 aromatic heterocycles. The minimum atomic E-state index is -0.421. The predicted molar refractivity (Wildman–Crippen MR) is 128 cm³/mol. The number of aromatic nitrogens is 2. The molecule has 164 valence electrons. The van der Waals surface area contributed by atoms with Crippen LogP contribution >= 0.6 is 34.4 Å². The molecule has 0 saturated carbocycles.